The van der Waals surface area contributed by atoms with Crippen LogP contribution in [0.15, 0.2) is 0 Å². The van der Waals surface area contributed by atoms with Crippen molar-refractivity contribution in [1.82, 2.24) is 10.2 Å². The van der Waals surface area contributed by atoms with E-state index in [1.54, 1.807) is 0 Å². The van der Waals surface area contributed by atoms with Crippen molar-refractivity contribution in [1.29, 1.82) is 0 Å². The summed E-state index contributed by atoms with van der Waals surface area (Å²) in [6.45, 7) is 10.7. The smallest absolute Gasteiger partial charge is 0.410 e. The summed E-state index contributed by atoms with van der Waals surface area (Å²) in [6.07, 6.45) is -0.355. The fourth-order valence-corrected chi connectivity index (χ4v) is 1.63. The molecule has 0 atom stereocenters. The second-order valence-corrected chi connectivity index (χ2v) is 6.10. The minimum absolute atomic E-state index is 0.328. The molecule has 1 heterocycles. The van der Waals surface area contributed by atoms with Crippen LogP contribution < -0.4 is 5.32 Å². The lowest BCUT2D eigenvalue weighted by atomic mass is 9.94. The highest BCUT2D eigenvalue weighted by Crippen LogP contribution is 2.22. The molecule has 1 aliphatic rings. The number of likely N-dealkylation sites (tertiary alicyclic amines) is 1. The van der Waals surface area contributed by atoms with Crippen LogP contribution in [-0.2, 0) is 4.74 Å². The number of hydrogen-bond acceptors (Lipinski definition) is 4. The van der Waals surface area contributed by atoms with Gasteiger partial charge in [0.2, 0.25) is 0 Å². The average molecular weight is 244 g/mol. The first-order valence-corrected chi connectivity index (χ1v) is 6.05. The summed E-state index contributed by atoms with van der Waals surface area (Å²) in [5.74, 6) is 0. The molecule has 5 heteroatoms. The molecule has 0 unspecified atom stereocenters. The number of hydrogen-bond donors (Lipinski definition) is 2. The minimum atomic E-state index is -0.804. The molecule has 2 N–H and O–H groups in total. The number of aliphatic hydroxyl groups is 1. The summed E-state index contributed by atoms with van der Waals surface area (Å²) in [5, 5.41) is 13.2. The molecule has 5 nitrogen and oxygen atoms in total. The number of nitrogens with zero attached hydrogens (tertiary/aromatic N) is 1. The predicted octanol–water partition coefficient (Wildman–Crippen LogP) is 0.966. The molecule has 1 aliphatic heterocycles. The van der Waals surface area contributed by atoms with Crippen LogP contribution in [0.5, 0.6) is 0 Å². The first kappa shape index (κ1) is 14.3. The number of ether oxygens (including phenoxy) is 1. The highest BCUT2D eigenvalue weighted by Gasteiger charge is 2.44. The van der Waals surface area contributed by atoms with Crippen molar-refractivity contribution in [2.45, 2.75) is 51.9 Å². The van der Waals surface area contributed by atoms with Gasteiger partial charge < -0.3 is 20.1 Å². The lowest BCUT2D eigenvalue weighted by molar-refractivity contribution is -0.0966. The molecule has 1 saturated heterocycles. The zero-order valence-corrected chi connectivity index (χ0v) is 11.4. The third-order valence-electron chi connectivity index (χ3n) is 2.46. The number of nitrogens with one attached hydrogen (secondary N) is 1. The topological polar surface area (TPSA) is 61.8 Å². The summed E-state index contributed by atoms with van der Waals surface area (Å²) in [6, 6.07) is 0.328. The Bertz CT molecular complexity index is 278. The molecule has 0 aromatic heterocycles. The molecule has 0 aliphatic carbocycles. The Hall–Kier alpha value is -0.810. The summed E-state index contributed by atoms with van der Waals surface area (Å²) in [5.41, 5.74) is -1.29. The van der Waals surface area contributed by atoms with Crippen LogP contribution in [0.3, 0.4) is 0 Å². The van der Waals surface area contributed by atoms with Crippen LogP contribution in [0.1, 0.15) is 34.6 Å². The Balaban J connectivity index is 2.33. The Kier molecular flexibility index (Phi) is 4.04. The van der Waals surface area contributed by atoms with Gasteiger partial charge in [0.05, 0.1) is 13.1 Å². The van der Waals surface area contributed by atoms with Gasteiger partial charge in [0.25, 0.3) is 0 Å². The Morgan fingerprint density at radius 3 is 2.41 bits per heavy atom. The molecule has 1 amide bonds. The highest BCUT2D eigenvalue weighted by atomic mass is 16.6. The second kappa shape index (κ2) is 4.82. The maximum absolute atomic E-state index is 11.6. The molecule has 0 radical (unpaired) electrons. The largest absolute Gasteiger partial charge is 0.444 e. The van der Waals surface area contributed by atoms with E-state index >= 15 is 0 Å². The van der Waals surface area contributed by atoms with Crippen molar-refractivity contribution in [3.05, 3.63) is 0 Å². The zero-order valence-electron chi connectivity index (χ0n) is 11.4. The Labute approximate surface area is 103 Å². The van der Waals surface area contributed by atoms with E-state index in [9.17, 15) is 9.90 Å². The quantitative estimate of drug-likeness (QED) is 0.776. The minimum Gasteiger partial charge on any atom is -0.444 e. The SMILES string of the molecule is CC(C)NCC1(O)CN(C(=O)OC(C)(C)C)C1. The van der Waals surface area contributed by atoms with E-state index in [-0.39, 0.29) is 6.09 Å². The van der Waals surface area contributed by atoms with E-state index in [1.807, 2.05) is 34.6 Å². The standard InChI is InChI=1S/C12H24N2O3/c1-9(2)13-6-12(16)7-14(8-12)10(15)17-11(3,4)5/h9,13,16H,6-8H2,1-5H3. The van der Waals surface area contributed by atoms with E-state index < -0.39 is 11.2 Å². The fourth-order valence-electron chi connectivity index (χ4n) is 1.63. The lowest BCUT2D eigenvalue weighted by Gasteiger charge is -2.46. The van der Waals surface area contributed by atoms with Crippen LogP contribution in [0, 0.1) is 0 Å². The van der Waals surface area contributed by atoms with Crippen molar-refractivity contribution < 1.29 is 14.6 Å². The molecule has 0 aromatic carbocycles. The van der Waals surface area contributed by atoms with Crippen LogP contribution in [-0.4, -0.2) is 53.0 Å². The van der Waals surface area contributed by atoms with Crippen LogP contribution >= 0.6 is 0 Å². The fraction of sp³-hybridized carbons (Fsp3) is 0.917. The number of amides is 1. The summed E-state index contributed by atoms with van der Waals surface area (Å²) < 4.78 is 5.22. The van der Waals surface area contributed by atoms with Crippen molar-refractivity contribution in [3.8, 4) is 0 Å². The molecule has 1 rings (SSSR count). The van der Waals surface area contributed by atoms with Gasteiger partial charge in [0.1, 0.15) is 11.2 Å². The maximum Gasteiger partial charge on any atom is 0.410 e. The van der Waals surface area contributed by atoms with Gasteiger partial charge in [0, 0.05) is 12.6 Å². The number of carbonyl (C=O) groups is 1. The normalized spacial score (nSPS) is 19.1. The van der Waals surface area contributed by atoms with Gasteiger partial charge in [-0.3, -0.25) is 0 Å². The van der Waals surface area contributed by atoms with E-state index in [1.165, 1.54) is 4.90 Å². The third-order valence-corrected chi connectivity index (χ3v) is 2.46. The van der Waals surface area contributed by atoms with Gasteiger partial charge in [-0.25, -0.2) is 4.79 Å². The summed E-state index contributed by atoms with van der Waals surface area (Å²) >= 11 is 0. The molecule has 0 bridgehead atoms. The van der Waals surface area contributed by atoms with Crippen molar-refractivity contribution >= 4 is 6.09 Å². The lowest BCUT2D eigenvalue weighted by Crippen LogP contribution is -2.68. The molecule has 0 aromatic rings. The molecule has 17 heavy (non-hydrogen) atoms. The Morgan fingerprint density at radius 2 is 2.00 bits per heavy atom. The average Bonchev–Trinajstić information content (AvgIpc) is 2.07. The first-order valence-electron chi connectivity index (χ1n) is 6.05. The molecule has 1 fully saturated rings. The third kappa shape index (κ3) is 4.52. The number of carbonyl (C=O) groups excluding carboxylic acids is 1. The zero-order chi connectivity index (χ0) is 13.3. The molecule has 0 saturated carbocycles. The van der Waals surface area contributed by atoms with Gasteiger partial charge in [-0.05, 0) is 20.8 Å². The van der Waals surface area contributed by atoms with E-state index in [0.717, 1.165) is 0 Å². The molecular weight excluding hydrogens is 220 g/mol. The number of rotatable bonds is 3. The summed E-state index contributed by atoms with van der Waals surface area (Å²) in [4.78, 5) is 13.2. The van der Waals surface area contributed by atoms with Gasteiger partial charge in [-0.1, -0.05) is 13.8 Å². The monoisotopic (exact) mass is 244 g/mol. The van der Waals surface area contributed by atoms with E-state index in [2.05, 4.69) is 5.32 Å². The predicted molar refractivity (Wildman–Crippen MR) is 65.9 cm³/mol. The second-order valence-electron chi connectivity index (χ2n) is 6.10. The van der Waals surface area contributed by atoms with Gasteiger partial charge >= 0.3 is 6.09 Å². The van der Waals surface area contributed by atoms with Crippen LogP contribution in [0.25, 0.3) is 0 Å². The van der Waals surface area contributed by atoms with E-state index in [0.29, 0.717) is 25.7 Å². The van der Waals surface area contributed by atoms with Crippen molar-refractivity contribution in [2.24, 2.45) is 0 Å². The first-order chi connectivity index (χ1) is 7.61. The summed E-state index contributed by atoms with van der Waals surface area (Å²) in [7, 11) is 0. The van der Waals surface area contributed by atoms with Crippen molar-refractivity contribution in [3.63, 3.8) is 0 Å². The molecular formula is C12H24N2O3. The molecule has 100 valence electrons. The van der Waals surface area contributed by atoms with Crippen LogP contribution in [0.2, 0.25) is 0 Å². The van der Waals surface area contributed by atoms with Gasteiger partial charge in [-0.15, -0.1) is 0 Å². The van der Waals surface area contributed by atoms with Gasteiger partial charge in [0.15, 0.2) is 0 Å². The highest BCUT2D eigenvalue weighted by molar-refractivity contribution is 5.69. The van der Waals surface area contributed by atoms with Gasteiger partial charge in [-0.2, -0.15) is 0 Å². The van der Waals surface area contributed by atoms with E-state index in [4.69, 9.17) is 4.74 Å². The number of β-amino-alcohol motifs (C(OH)–C–C–N with tert-alkyl or cyclic N) is 1. The maximum atomic E-state index is 11.6. The molecule has 0 spiro atoms. The Morgan fingerprint density at radius 1 is 1.47 bits per heavy atom. The van der Waals surface area contributed by atoms with Crippen molar-refractivity contribution in [2.75, 3.05) is 19.6 Å². The van der Waals surface area contributed by atoms with Crippen LogP contribution in [0.4, 0.5) is 4.79 Å².